The number of nitrogen functional groups attached to an aromatic ring is 3. The lowest BCUT2D eigenvalue weighted by Crippen LogP contribution is -2.54. The summed E-state index contributed by atoms with van der Waals surface area (Å²) in [6.07, 6.45) is -14.4. The van der Waals surface area contributed by atoms with Crippen LogP contribution in [0.3, 0.4) is 0 Å². The zero-order chi connectivity index (χ0) is 100.0. The van der Waals surface area contributed by atoms with Crippen molar-refractivity contribution in [2.75, 3.05) is 138 Å². The van der Waals surface area contributed by atoms with Crippen molar-refractivity contribution < 1.29 is 113 Å². The van der Waals surface area contributed by atoms with Gasteiger partial charge in [-0.05, 0) is 154 Å². The average molecular weight is 1990 g/mol. The standard InChI is InChI=1S/2C29H30ClF6N7O2.C27H30ClF5N6O.C3H3FO2/c2*1-13-7-20(37)38-25(22(13)29(34,35)36)21-19(30)9-18-24(23(21)33)39-28(45-12-17-8-16(32)11-41(17)4)40-26(18)43-6-5-42(10-14(43)2)27(44)15(3)31;1-13-8-19(34)35-24(21(13)27(31,32)33)20-18(28)10-17-23(22(20)30)36-26(40-12-16-9-15(29)11-38(16)3)37-25(17)39-7-5-4-6-14(39)2;1-2(4)3(5)6/h2*7,9,14,16-17H,3,5-6,8,10-12H2,1-2,4H3,(H2,37,38);8,10,14-16H,4-7,9,11-12H2,1-3H3,(H2,34,35);1H2,(H,5,6)/t2*14-,16+,17-;14-,15+,16-;/m000./s1. The highest BCUT2D eigenvalue weighted by atomic mass is 35.5. The van der Waals surface area contributed by atoms with Crippen LogP contribution >= 0.6 is 34.8 Å². The number of rotatable bonds is 18. The Labute approximate surface area is 781 Å². The Balaban J connectivity index is 0.000000178. The maximum absolute atomic E-state index is 16.5. The largest absolute Gasteiger partial charge is 0.476 e. The zero-order valence-electron chi connectivity index (χ0n) is 74.4. The third kappa shape index (κ3) is 22.6. The molecule has 9 atom stereocenters. The molecule has 48 heteroatoms. The third-order valence-corrected chi connectivity index (χ3v) is 25.0. The molecule has 0 spiro atoms. The van der Waals surface area contributed by atoms with E-state index >= 15 is 13.2 Å². The van der Waals surface area contributed by atoms with Crippen LogP contribution in [0.5, 0.6) is 18.0 Å². The highest BCUT2D eigenvalue weighted by molar-refractivity contribution is 6.35. The number of hydrogen-bond donors (Lipinski definition) is 4. The number of carbonyl (C=O) groups excluding carboxylic acids is 2. The fourth-order valence-corrected chi connectivity index (χ4v) is 18.3. The molecule has 6 saturated heterocycles. The number of alkyl halides is 12. The van der Waals surface area contributed by atoms with E-state index in [9.17, 15) is 80.2 Å². The van der Waals surface area contributed by atoms with Crippen molar-refractivity contribution in [2.45, 2.75) is 153 Å². The predicted molar refractivity (Wildman–Crippen MR) is 476 cm³/mol. The molecule has 2 amide bonds. The number of likely N-dealkylation sites (tertiary alicyclic amines) is 3. The number of piperazine rings is 2. The van der Waals surface area contributed by atoms with Gasteiger partial charge >= 0.3 is 42.5 Å². The molecular weight excluding hydrogens is 1900 g/mol. The molecule has 0 radical (unpaired) electrons. The van der Waals surface area contributed by atoms with E-state index in [1.807, 2.05) is 16.7 Å². The number of nitrogens with two attached hydrogens (primary N) is 3. The van der Waals surface area contributed by atoms with Crippen LogP contribution in [0.2, 0.25) is 15.1 Å². The fraction of sp³-hybridized carbons (Fsp3) is 0.455. The van der Waals surface area contributed by atoms with Crippen LogP contribution in [-0.2, 0) is 32.9 Å². The van der Waals surface area contributed by atoms with Gasteiger partial charge in [0.25, 0.3) is 11.8 Å². The van der Waals surface area contributed by atoms with Crippen LogP contribution < -0.4 is 46.1 Å². The second-order valence-corrected chi connectivity index (χ2v) is 35.2. The van der Waals surface area contributed by atoms with Crippen molar-refractivity contribution in [3.8, 4) is 51.8 Å². The number of anilines is 6. The SMILES string of the molecule is C=C(F)C(=O)N1CCN(c2nc(OC[C@@H]3C[C@@H](F)CN3C)nc3c(F)c(-c4nc(N)cc(C)c4C(F)(F)F)c(Cl)cc23)[C@@H](C)C1.C=C(F)C(=O)N1CCN(c2nc(OC[C@@H]3C[C@@H](F)CN3C)nc3c(F)c(-c4nc(N)cc(C)c4C(F)(F)F)c(Cl)cc23)[C@@H](C)C1.C=C(F)C(=O)O.Cc1cc(N)nc(-c2c(Cl)cc3c(N4CCCC[C@@H]4C)nc(OC[C@@H]4C[C@@H](F)CN4C)nc3c2F)c1C(F)(F)F. The van der Waals surface area contributed by atoms with E-state index in [-0.39, 0.29) is 213 Å². The van der Waals surface area contributed by atoms with Gasteiger partial charge in [0, 0.05) is 118 Å². The molecule has 734 valence electrons. The number of carbonyl (C=O) groups is 3. The number of halogens is 21. The average Bonchev–Trinajstić information content (AvgIpc) is 0.840. The highest BCUT2D eigenvalue weighted by Crippen LogP contribution is 2.50. The molecule has 6 fully saturated rings. The van der Waals surface area contributed by atoms with Crippen LogP contribution in [0.4, 0.5) is 114 Å². The molecule has 12 heterocycles. The van der Waals surface area contributed by atoms with Gasteiger partial charge in [-0.3, -0.25) is 24.3 Å². The molecule has 6 aliphatic rings. The normalized spacial score (nSPS) is 20.8. The molecule has 0 bridgehead atoms. The molecule has 7 N–H and O–H groups in total. The number of aliphatic carboxylic acids is 1. The van der Waals surface area contributed by atoms with Gasteiger partial charge in [-0.25, -0.2) is 54.9 Å². The maximum atomic E-state index is 16.5. The van der Waals surface area contributed by atoms with E-state index in [2.05, 4.69) is 64.6 Å². The minimum atomic E-state index is -4.92. The van der Waals surface area contributed by atoms with Crippen LogP contribution in [0.15, 0.2) is 73.6 Å². The van der Waals surface area contributed by atoms with Gasteiger partial charge in [-0.15, -0.1) is 0 Å². The summed E-state index contributed by atoms with van der Waals surface area (Å²) in [6.45, 7) is 19.4. The van der Waals surface area contributed by atoms with Crippen molar-refractivity contribution in [2.24, 2.45) is 0 Å². The minimum Gasteiger partial charge on any atom is -0.476 e. The first-order valence-corrected chi connectivity index (χ1v) is 43.4. The summed E-state index contributed by atoms with van der Waals surface area (Å²) in [4.78, 5) is 84.8. The van der Waals surface area contributed by atoms with E-state index in [1.54, 1.807) is 54.6 Å². The number of piperidine rings is 1. The van der Waals surface area contributed by atoms with E-state index in [0.29, 0.717) is 12.4 Å². The van der Waals surface area contributed by atoms with Gasteiger partial charge in [0.15, 0.2) is 29.1 Å². The molecule has 0 aliphatic carbocycles. The van der Waals surface area contributed by atoms with Gasteiger partial charge in [0.05, 0.1) is 65.5 Å². The Morgan fingerprint density at radius 2 is 0.713 bits per heavy atom. The molecular formula is C88H93Cl3F18N20O7. The lowest BCUT2D eigenvalue weighted by atomic mass is 9.98. The van der Waals surface area contributed by atoms with Crippen LogP contribution in [-0.4, -0.2) is 253 Å². The van der Waals surface area contributed by atoms with Crippen molar-refractivity contribution in [1.82, 2.24) is 69.4 Å². The fourth-order valence-electron chi connectivity index (χ4n) is 17.5. The van der Waals surface area contributed by atoms with Crippen molar-refractivity contribution in [3.05, 3.63) is 140 Å². The molecule has 0 saturated carbocycles. The Morgan fingerprint density at radius 3 is 0.949 bits per heavy atom. The Bertz CT molecular complexity index is 5880. The van der Waals surface area contributed by atoms with Gasteiger partial charge in [-0.2, -0.15) is 73.8 Å². The van der Waals surface area contributed by atoms with E-state index < -0.39 is 173 Å². The van der Waals surface area contributed by atoms with Gasteiger partial charge in [0.2, 0.25) is 5.83 Å². The quantitative estimate of drug-likeness (QED) is 0.0458. The monoisotopic (exact) mass is 1990 g/mol. The number of carboxylic acids is 1. The zero-order valence-corrected chi connectivity index (χ0v) is 76.7. The number of ether oxygens (including phenoxy) is 3. The topological polar surface area (TPSA) is 319 Å². The number of benzene rings is 3. The molecule has 0 unspecified atom stereocenters. The molecule has 27 nitrogen and oxygen atoms in total. The van der Waals surface area contributed by atoms with Crippen LogP contribution in [0.25, 0.3) is 66.5 Å². The minimum absolute atomic E-state index is 0.0471. The summed E-state index contributed by atoms with van der Waals surface area (Å²) >= 11 is 19.5. The number of pyridine rings is 3. The highest BCUT2D eigenvalue weighted by Gasteiger charge is 2.45. The Kier molecular flexibility index (Phi) is 31.5. The van der Waals surface area contributed by atoms with Crippen molar-refractivity contribution in [3.63, 3.8) is 0 Å². The number of fused-ring (bicyclic) bond motifs is 3. The molecule has 3 aromatic carbocycles. The first-order chi connectivity index (χ1) is 63.6. The number of amides is 2. The maximum Gasteiger partial charge on any atom is 0.418 e. The lowest BCUT2D eigenvalue weighted by Gasteiger charge is -2.40. The molecule has 6 aromatic heterocycles. The van der Waals surface area contributed by atoms with Crippen molar-refractivity contribution in [1.29, 1.82) is 0 Å². The molecule has 6 aliphatic heterocycles. The van der Waals surface area contributed by atoms with Crippen molar-refractivity contribution >= 4 is 120 Å². The number of aromatic nitrogens is 9. The lowest BCUT2D eigenvalue weighted by molar-refractivity contribution is -0.138. The second-order valence-electron chi connectivity index (χ2n) is 33.9. The first kappa shape index (κ1) is 103. The first-order valence-electron chi connectivity index (χ1n) is 42.3. The number of hydrogen-bond acceptors (Lipinski definition) is 24. The summed E-state index contributed by atoms with van der Waals surface area (Å²) in [7, 11) is 5.23. The van der Waals surface area contributed by atoms with Gasteiger partial charge in [-0.1, -0.05) is 54.5 Å². The summed E-state index contributed by atoms with van der Waals surface area (Å²) in [5.74, 6) is -10.6. The number of aryl methyl sites for hydroxylation is 3. The van der Waals surface area contributed by atoms with E-state index in [4.69, 9.17) is 71.3 Å². The molecule has 15 rings (SSSR count). The predicted octanol–water partition coefficient (Wildman–Crippen LogP) is 17.4. The van der Waals surface area contributed by atoms with Crippen LogP contribution in [0.1, 0.15) is 92.7 Å². The second kappa shape index (κ2) is 41.4. The Hall–Kier alpha value is -11.6. The molecule has 9 aromatic rings. The molecule has 136 heavy (non-hydrogen) atoms. The Morgan fingerprint density at radius 1 is 0.434 bits per heavy atom. The third-order valence-electron chi connectivity index (χ3n) is 24.1. The number of likely N-dealkylation sites (N-methyl/N-ethyl adjacent to an activating group) is 3. The van der Waals surface area contributed by atoms with Crippen LogP contribution in [0, 0.1) is 38.2 Å². The van der Waals surface area contributed by atoms with E-state index in [1.165, 1.54) is 48.8 Å². The summed E-state index contributed by atoms with van der Waals surface area (Å²) in [6, 6.07) is 4.39. The van der Waals surface area contributed by atoms with Gasteiger partial charge < -0.3 is 61.0 Å². The van der Waals surface area contributed by atoms with E-state index in [0.717, 1.165) is 37.5 Å². The number of carboxylic acid groups (broad SMARTS) is 1. The number of nitrogens with zero attached hydrogens (tertiary/aromatic N) is 17. The summed E-state index contributed by atoms with van der Waals surface area (Å²) in [5, 5.41) is 6.76. The summed E-state index contributed by atoms with van der Waals surface area (Å²) < 4.78 is 274. The smallest absolute Gasteiger partial charge is 0.418 e. The summed E-state index contributed by atoms with van der Waals surface area (Å²) in [5.41, 5.74) is 7.70. The van der Waals surface area contributed by atoms with Gasteiger partial charge in [0.1, 0.15) is 89.8 Å².